The van der Waals surface area contributed by atoms with Crippen molar-refractivity contribution in [3.05, 3.63) is 29.6 Å². The molecular weight excluding hydrogens is 272 g/mol. The maximum absolute atomic E-state index is 12.2. The molecule has 0 aliphatic heterocycles. The molecule has 1 aromatic heterocycles. The fraction of sp³-hybridized carbons (Fsp3) is 0.600. The number of carbonyl (C=O) groups is 1. The minimum absolute atomic E-state index is 0.0256. The van der Waals surface area contributed by atoms with Gasteiger partial charge in [-0.05, 0) is 43.5 Å². The molecule has 0 spiro atoms. The van der Waals surface area contributed by atoms with E-state index >= 15 is 0 Å². The number of aromatic nitrogens is 1. The third-order valence-corrected chi connectivity index (χ3v) is 5.02. The smallest absolute Gasteiger partial charge is 0.252 e. The van der Waals surface area contributed by atoms with E-state index in [-0.39, 0.29) is 17.2 Å². The molecule has 0 radical (unpaired) electrons. The molecular formula is C15H22N2O2S. The number of hydrogen-bond acceptors (Lipinski definition) is 3. The second-order valence-corrected chi connectivity index (χ2v) is 6.86. The van der Waals surface area contributed by atoms with Gasteiger partial charge in [0, 0.05) is 18.2 Å². The molecule has 2 rings (SSSR count). The minimum Gasteiger partial charge on any atom is -0.618 e. The molecule has 1 aromatic rings. The van der Waals surface area contributed by atoms with Crippen LogP contribution in [-0.4, -0.2) is 17.2 Å². The van der Waals surface area contributed by atoms with Gasteiger partial charge in [-0.3, -0.25) is 4.79 Å². The van der Waals surface area contributed by atoms with Gasteiger partial charge in [0.2, 0.25) is 5.91 Å². The Labute approximate surface area is 124 Å². The maximum atomic E-state index is 12.2. The summed E-state index contributed by atoms with van der Waals surface area (Å²) in [5.74, 6) is 0.573. The lowest BCUT2D eigenvalue weighted by atomic mass is 9.86. The number of thioether (sulfide) groups is 1. The van der Waals surface area contributed by atoms with Crippen LogP contribution in [0.3, 0.4) is 0 Å². The predicted molar refractivity (Wildman–Crippen MR) is 80.3 cm³/mol. The van der Waals surface area contributed by atoms with Crippen LogP contribution in [0.5, 0.6) is 0 Å². The Hall–Kier alpha value is -1.23. The van der Waals surface area contributed by atoms with Crippen LogP contribution in [0.15, 0.2) is 29.4 Å². The Balaban J connectivity index is 1.90. The van der Waals surface area contributed by atoms with Crippen LogP contribution in [0.4, 0.5) is 0 Å². The Morgan fingerprint density at radius 1 is 1.45 bits per heavy atom. The van der Waals surface area contributed by atoms with E-state index in [0.29, 0.717) is 10.9 Å². The van der Waals surface area contributed by atoms with E-state index in [1.165, 1.54) is 37.2 Å². The number of nitrogens with one attached hydrogen (secondary N) is 1. The molecule has 0 aromatic carbocycles. The van der Waals surface area contributed by atoms with E-state index < -0.39 is 0 Å². The van der Waals surface area contributed by atoms with Crippen molar-refractivity contribution in [3.8, 4) is 0 Å². The normalized spacial score (nSPS) is 24.1. The summed E-state index contributed by atoms with van der Waals surface area (Å²) in [6.45, 7) is 4.05. The lowest BCUT2D eigenvalue weighted by Crippen LogP contribution is -2.44. The molecule has 0 bridgehead atoms. The zero-order valence-corrected chi connectivity index (χ0v) is 12.9. The van der Waals surface area contributed by atoms with Gasteiger partial charge in [-0.2, -0.15) is 4.73 Å². The van der Waals surface area contributed by atoms with Gasteiger partial charge in [-0.25, -0.2) is 0 Å². The van der Waals surface area contributed by atoms with Gasteiger partial charge in [-0.15, -0.1) is 0 Å². The van der Waals surface area contributed by atoms with Crippen molar-refractivity contribution in [2.75, 3.05) is 0 Å². The van der Waals surface area contributed by atoms with Crippen LogP contribution in [0.25, 0.3) is 0 Å². The molecule has 1 N–H and O–H groups in total. The molecule has 3 atom stereocenters. The minimum atomic E-state index is -0.258. The van der Waals surface area contributed by atoms with Crippen molar-refractivity contribution in [1.29, 1.82) is 0 Å². The monoisotopic (exact) mass is 294 g/mol. The second-order valence-electron chi connectivity index (χ2n) is 5.50. The molecule has 1 aliphatic rings. The van der Waals surface area contributed by atoms with Gasteiger partial charge >= 0.3 is 0 Å². The fourth-order valence-electron chi connectivity index (χ4n) is 2.57. The molecule has 1 fully saturated rings. The number of pyridine rings is 1. The number of hydrogen-bond donors (Lipinski definition) is 1. The van der Waals surface area contributed by atoms with Gasteiger partial charge in [0.25, 0.3) is 5.03 Å². The largest absolute Gasteiger partial charge is 0.618 e. The zero-order valence-electron chi connectivity index (χ0n) is 12.0. The van der Waals surface area contributed by atoms with E-state index in [0.717, 1.165) is 11.2 Å². The Morgan fingerprint density at radius 2 is 2.20 bits per heavy atom. The van der Waals surface area contributed by atoms with Crippen LogP contribution in [0, 0.1) is 11.1 Å². The lowest BCUT2D eigenvalue weighted by molar-refractivity contribution is -0.645. The zero-order chi connectivity index (χ0) is 14.5. The van der Waals surface area contributed by atoms with E-state index in [1.54, 1.807) is 12.1 Å². The number of rotatable bonds is 4. The highest BCUT2D eigenvalue weighted by Gasteiger charge is 2.26. The Kier molecular flexibility index (Phi) is 5.29. The molecule has 1 heterocycles. The molecule has 1 amide bonds. The molecule has 0 saturated heterocycles. The van der Waals surface area contributed by atoms with E-state index in [2.05, 4.69) is 12.2 Å². The second kappa shape index (κ2) is 6.97. The van der Waals surface area contributed by atoms with Gasteiger partial charge in [0.1, 0.15) is 0 Å². The van der Waals surface area contributed by atoms with Gasteiger partial charge in [0.15, 0.2) is 6.20 Å². The highest BCUT2D eigenvalue weighted by molar-refractivity contribution is 8.00. The van der Waals surface area contributed by atoms with E-state index in [1.807, 2.05) is 13.0 Å². The highest BCUT2D eigenvalue weighted by Crippen LogP contribution is 2.25. The average molecular weight is 294 g/mol. The molecule has 20 heavy (non-hydrogen) atoms. The van der Waals surface area contributed by atoms with Crippen molar-refractivity contribution in [2.45, 2.75) is 55.8 Å². The first-order valence-corrected chi connectivity index (χ1v) is 8.11. The first-order chi connectivity index (χ1) is 9.58. The standard InChI is InChI=1S/C15H22N2O2S/c1-11-7-3-4-8-13(11)16-15(18)12(2)20-14-9-5-6-10-17(14)19/h5-6,9-13H,3-4,7-8H2,1-2H3,(H,16,18)/t11-,12+,13-/m1/s1. The SMILES string of the molecule is C[C@H](Sc1cccc[n+]1[O-])C(=O)N[C@@H]1CCCC[C@H]1C. The first kappa shape index (κ1) is 15.2. The summed E-state index contributed by atoms with van der Waals surface area (Å²) in [6.07, 6.45) is 6.16. The van der Waals surface area contributed by atoms with Crippen molar-refractivity contribution in [3.63, 3.8) is 0 Å². The van der Waals surface area contributed by atoms with Crippen molar-refractivity contribution in [2.24, 2.45) is 5.92 Å². The molecule has 1 aliphatic carbocycles. The number of nitrogens with zero attached hydrogens (tertiary/aromatic N) is 1. The number of amides is 1. The van der Waals surface area contributed by atoms with Crippen molar-refractivity contribution in [1.82, 2.24) is 5.32 Å². The quantitative estimate of drug-likeness (QED) is 0.527. The van der Waals surface area contributed by atoms with Gasteiger partial charge < -0.3 is 10.5 Å². The summed E-state index contributed by atoms with van der Waals surface area (Å²) in [6, 6.07) is 5.52. The molecule has 1 saturated carbocycles. The summed E-state index contributed by atoms with van der Waals surface area (Å²) in [7, 11) is 0. The van der Waals surface area contributed by atoms with Gasteiger partial charge in [0.05, 0.1) is 5.25 Å². The van der Waals surface area contributed by atoms with Crippen molar-refractivity contribution < 1.29 is 9.52 Å². The Bertz CT molecular complexity index is 467. The summed E-state index contributed by atoms with van der Waals surface area (Å²) in [4.78, 5) is 12.2. The highest BCUT2D eigenvalue weighted by atomic mass is 32.2. The van der Waals surface area contributed by atoms with Crippen LogP contribution >= 0.6 is 11.8 Å². The summed E-state index contributed by atoms with van der Waals surface area (Å²) >= 11 is 1.31. The van der Waals surface area contributed by atoms with Crippen LogP contribution in [0.1, 0.15) is 39.5 Å². The predicted octanol–water partition coefficient (Wildman–Crippen LogP) is 2.50. The van der Waals surface area contributed by atoms with Gasteiger partial charge in [-0.1, -0.05) is 19.8 Å². The molecule has 4 nitrogen and oxygen atoms in total. The average Bonchev–Trinajstić information content (AvgIpc) is 2.43. The third-order valence-electron chi connectivity index (χ3n) is 3.89. The lowest BCUT2D eigenvalue weighted by Gasteiger charge is -2.30. The fourth-order valence-corrected chi connectivity index (χ4v) is 3.43. The Morgan fingerprint density at radius 3 is 2.90 bits per heavy atom. The van der Waals surface area contributed by atoms with E-state index in [9.17, 15) is 10.0 Å². The van der Waals surface area contributed by atoms with Crippen LogP contribution in [0.2, 0.25) is 0 Å². The summed E-state index contributed by atoms with van der Waals surface area (Å²) in [5, 5.41) is 15.0. The molecule has 110 valence electrons. The maximum Gasteiger partial charge on any atom is 0.252 e. The molecule has 0 unspecified atom stereocenters. The van der Waals surface area contributed by atoms with Crippen LogP contribution < -0.4 is 10.0 Å². The first-order valence-electron chi connectivity index (χ1n) is 7.23. The topological polar surface area (TPSA) is 56.0 Å². The summed E-state index contributed by atoms with van der Waals surface area (Å²) < 4.78 is 0.803. The van der Waals surface area contributed by atoms with E-state index in [4.69, 9.17) is 0 Å². The van der Waals surface area contributed by atoms with Crippen LogP contribution in [-0.2, 0) is 4.79 Å². The van der Waals surface area contributed by atoms with Crippen molar-refractivity contribution >= 4 is 17.7 Å². The number of carbonyl (C=O) groups excluding carboxylic acids is 1. The summed E-state index contributed by atoms with van der Waals surface area (Å²) in [5.41, 5.74) is 0. The molecule has 5 heteroatoms. The third kappa shape index (κ3) is 3.88.